The van der Waals surface area contributed by atoms with Crippen molar-refractivity contribution in [2.24, 2.45) is 0 Å². The van der Waals surface area contributed by atoms with Crippen LogP contribution in [0.4, 0.5) is 0 Å². The van der Waals surface area contributed by atoms with Gasteiger partial charge >= 0.3 is 29.6 Å². The molecule has 1 atom stereocenters. The van der Waals surface area contributed by atoms with Crippen molar-refractivity contribution in [3.05, 3.63) is 42.5 Å². The van der Waals surface area contributed by atoms with E-state index in [1.165, 1.54) is 0 Å². The van der Waals surface area contributed by atoms with Crippen LogP contribution in [0.5, 0.6) is 0 Å². The number of benzene rings is 2. The largest absolute Gasteiger partial charge is 1.00 e. The molecule has 19 heavy (non-hydrogen) atoms. The Labute approximate surface area is 137 Å². The Morgan fingerprint density at radius 3 is 2.47 bits per heavy atom. The fourth-order valence-corrected chi connectivity index (χ4v) is 3.12. The van der Waals surface area contributed by atoms with Crippen LogP contribution < -0.4 is 29.6 Å². The predicted octanol–water partition coefficient (Wildman–Crippen LogP) is 0.460. The Bertz CT molecular complexity index is 653. The zero-order valence-corrected chi connectivity index (χ0v) is 14.3. The quantitative estimate of drug-likeness (QED) is 0.606. The van der Waals surface area contributed by atoms with Gasteiger partial charge in [0.25, 0.3) is 10.1 Å². The Morgan fingerprint density at radius 1 is 1.16 bits per heavy atom. The van der Waals surface area contributed by atoms with Crippen LogP contribution in [0.2, 0.25) is 0 Å². The summed E-state index contributed by atoms with van der Waals surface area (Å²) < 4.78 is 29.5. The van der Waals surface area contributed by atoms with Gasteiger partial charge in [-0.25, -0.2) is 0 Å². The molecule has 0 radical (unpaired) electrons. The molecule has 0 aliphatic rings. The molecule has 2 aromatic carbocycles. The minimum Gasteiger partial charge on any atom is -1.00 e. The molecule has 0 aliphatic heterocycles. The molecule has 0 amide bonds. The van der Waals surface area contributed by atoms with Gasteiger partial charge in [0.2, 0.25) is 0 Å². The van der Waals surface area contributed by atoms with Gasteiger partial charge in [0, 0.05) is 5.39 Å². The maximum atomic E-state index is 12.2. The number of hydrogen-bond donors (Lipinski definition) is 0. The van der Waals surface area contributed by atoms with E-state index < -0.39 is 10.1 Å². The van der Waals surface area contributed by atoms with E-state index in [1.807, 2.05) is 31.2 Å². The number of rotatable bonds is 4. The van der Waals surface area contributed by atoms with Gasteiger partial charge in [-0.1, -0.05) is 43.3 Å². The van der Waals surface area contributed by atoms with Crippen LogP contribution in [-0.2, 0) is 14.3 Å². The molecule has 0 aromatic heterocycles. The van der Waals surface area contributed by atoms with E-state index in [-0.39, 0.29) is 42.0 Å². The summed E-state index contributed by atoms with van der Waals surface area (Å²) in [5.74, 6) is 0. The van der Waals surface area contributed by atoms with E-state index in [0.717, 1.165) is 5.39 Å². The molecule has 5 heteroatoms. The minimum atomic E-state index is -3.70. The second-order valence-electron chi connectivity index (χ2n) is 4.25. The van der Waals surface area contributed by atoms with E-state index in [0.29, 0.717) is 11.8 Å². The van der Waals surface area contributed by atoms with E-state index in [2.05, 4.69) is 0 Å². The van der Waals surface area contributed by atoms with Crippen molar-refractivity contribution in [2.45, 2.75) is 31.3 Å². The van der Waals surface area contributed by atoms with Crippen molar-refractivity contribution in [1.82, 2.24) is 0 Å². The third-order valence-corrected chi connectivity index (χ3v) is 4.36. The second-order valence-corrected chi connectivity index (χ2v) is 5.79. The average molecular weight is 288 g/mol. The molecule has 0 fully saturated rings. The molecule has 3 nitrogen and oxygen atoms in total. The molecule has 1 unspecified atom stereocenters. The summed E-state index contributed by atoms with van der Waals surface area (Å²) in [4.78, 5) is 0.237. The maximum absolute atomic E-state index is 12.2. The first-order chi connectivity index (χ1) is 8.54. The van der Waals surface area contributed by atoms with E-state index >= 15 is 0 Å². The van der Waals surface area contributed by atoms with E-state index in [1.54, 1.807) is 25.1 Å². The fourth-order valence-electron chi connectivity index (χ4n) is 1.75. The van der Waals surface area contributed by atoms with Gasteiger partial charge in [-0.3, -0.25) is 4.18 Å². The molecule has 98 valence electrons. The van der Waals surface area contributed by atoms with Crippen molar-refractivity contribution in [3.8, 4) is 0 Å². The summed E-state index contributed by atoms with van der Waals surface area (Å²) in [7, 11) is -3.70. The summed E-state index contributed by atoms with van der Waals surface area (Å²) in [6, 6.07) is 12.6. The normalized spacial score (nSPS) is 12.9. The van der Waals surface area contributed by atoms with Gasteiger partial charge in [0.1, 0.15) is 4.90 Å². The van der Waals surface area contributed by atoms with Crippen LogP contribution >= 0.6 is 0 Å². The van der Waals surface area contributed by atoms with Crippen LogP contribution in [0.3, 0.4) is 0 Å². The van der Waals surface area contributed by atoms with Crippen molar-refractivity contribution < 1.29 is 43.6 Å². The third kappa shape index (κ3) is 3.80. The van der Waals surface area contributed by atoms with Crippen LogP contribution in [0.15, 0.2) is 47.4 Å². The Balaban J connectivity index is 0.00000180. The Morgan fingerprint density at radius 2 is 1.79 bits per heavy atom. The molecule has 0 saturated heterocycles. The molecule has 0 N–H and O–H groups in total. The average Bonchev–Trinajstić information content (AvgIpc) is 2.37. The monoisotopic (exact) mass is 288 g/mol. The van der Waals surface area contributed by atoms with Gasteiger partial charge in [0.15, 0.2) is 0 Å². The van der Waals surface area contributed by atoms with Crippen molar-refractivity contribution in [2.75, 3.05) is 0 Å². The molecule has 0 aliphatic carbocycles. The summed E-state index contributed by atoms with van der Waals surface area (Å²) in [5, 5.41) is 1.59. The molecule has 0 bridgehead atoms. The van der Waals surface area contributed by atoms with E-state index in [4.69, 9.17) is 4.18 Å². The van der Waals surface area contributed by atoms with E-state index in [9.17, 15) is 8.42 Å². The van der Waals surface area contributed by atoms with Gasteiger partial charge < -0.3 is 1.43 Å². The predicted molar refractivity (Wildman–Crippen MR) is 73.1 cm³/mol. The summed E-state index contributed by atoms with van der Waals surface area (Å²) >= 11 is 0. The van der Waals surface area contributed by atoms with Crippen molar-refractivity contribution in [1.29, 1.82) is 0 Å². The standard InChI is InChI=1S/C14H16O3S.Na.H/c1-3-11(2)17-18(15,16)14-10-6-8-12-7-4-5-9-13(12)14;;/h4-11H,3H2,1-2H3;;/q;+1;-1. The molecular weight excluding hydrogens is 271 g/mol. The van der Waals surface area contributed by atoms with Gasteiger partial charge in [-0.05, 0) is 24.8 Å². The smallest absolute Gasteiger partial charge is 1.00 e. The Hall–Kier alpha value is -0.390. The minimum absolute atomic E-state index is 0. The molecule has 0 saturated carbocycles. The van der Waals surface area contributed by atoms with Crippen molar-refractivity contribution >= 4 is 20.9 Å². The zero-order chi connectivity index (χ0) is 13.2. The number of hydrogen-bond acceptors (Lipinski definition) is 3. The van der Waals surface area contributed by atoms with Gasteiger partial charge in [-0.15, -0.1) is 0 Å². The maximum Gasteiger partial charge on any atom is 1.00 e. The molecule has 2 rings (SSSR count). The first kappa shape index (κ1) is 16.7. The van der Waals surface area contributed by atoms with Gasteiger partial charge in [-0.2, -0.15) is 8.42 Å². The third-order valence-electron chi connectivity index (χ3n) is 2.88. The van der Waals surface area contributed by atoms with Crippen LogP contribution in [-0.4, -0.2) is 14.5 Å². The summed E-state index contributed by atoms with van der Waals surface area (Å²) in [6.45, 7) is 3.64. The second kappa shape index (κ2) is 6.86. The first-order valence-electron chi connectivity index (χ1n) is 5.95. The zero-order valence-electron chi connectivity index (χ0n) is 12.5. The van der Waals surface area contributed by atoms with Crippen LogP contribution in [0, 0.1) is 0 Å². The molecule has 0 heterocycles. The van der Waals surface area contributed by atoms with Crippen molar-refractivity contribution in [3.63, 3.8) is 0 Å². The molecular formula is C14H17NaO3S. The fraction of sp³-hybridized carbons (Fsp3) is 0.286. The number of fused-ring (bicyclic) bond motifs is 1. The molecule has 2 aromatic rings. The topological polar surface area (TPSA) is 43.4 Å². The summed E-state index contributed by atoms with van der Waals surface area (Å²) in [6.07, 6.45) is 0.346. The SMILES string of the molecule is CCC(C)OS(=O)(=O)c1cccc2ccccc12.[H-].[Na+]. The Kier molecular flexibility index (Phi) is 6.02. The molecule has 0 spiro atoms. The first-order valence-corrected chi connectivity index (χ1v) is 7.36. The summed E-state index contributed by atoms with van der Waals surface area (Å²) in [5.41, 5.74) is 0. The van der Waals surface area contributed by atoms with Crippen LogP contribution in [0.25, 0.3) is 10.8 Å². The van der Waals surface area contributed by atoms with Gasteiger partial charge in [0.05, 0.1) is 6.10 Å². The van der Waals surface area contributed by atoms with Crippen LogP contribution in [0.1, 0.15) is 21.7 Å².